The molecule has 1 atom stereocenters. The SMILES string of the molecule is CCCCCCCCCCCCCCCCCCC1=NCC[N+]1(C)CCNC(=O)CCCCCCCCCCCCCCCCC.COS(=O)(=O)[O-]. The molecule has 1 N–H and O–H groups in total. The van der Waals surface area contributed by atoms with Gasteiger partial charge in [-0.2, -0.15) is 0 Å². The molecule has 310 valence electrons. The fourth-order valence-electron chi connectivity index (χ4n) is 7.31. The van der Waals surface area contributed by atoms with Crippen molar-refractivity contribution in [2.45, 2.75) is 226 Å². The number of likely N-dealkylation sites (N-methyl/N-ethyl adjacent to an activating group) is 1. The van der Waals surface area contributed by atoms with Gasteiger partial charge in [0, 0.05) is 12.8 Å². The smallest absolute Gasteiger partial charge is 0.220 e. The summed E-state index contributed by atoms with van der Waals surface area (Å²) in [6.07, 6.45) is 45.0. The summed E-state index contributed by atoms with van der Waals surface area (Å²) in [5.41, 5.74) is 0. The minimum atomic E-state index is -4.41. The maximum absolute atomic E-state index is 12.4. The van der Waals surface area contributed by atoms with Crippen LogP contribution in [0.25, 0.3) is 0 Å². The van der Waals surface area contributed by atoms with Gasteiger partial charge in [0.2, 0.25) is 16.3 Å². The first-order valence-electron chi connectivity index (χ1n) is 22.3. The normalized spacial score (nSPS) is 15.8. The number of hydrogen-bond donors (Lipinski definition) is 1. The first-order chi connectivity index (χ1) is 25.2. The summed E-state index contributed by atoms with van der Waals surface area (Å²) in [7, 11) is -1.27. The number of carbonyl (C=O) groups is 1. The van der Waals surface area contributed by atoms with Crippen LogP contribution in [-0.2, 0) is 19.4 Å². The Kier molecular flexibility index (Phi) is 36.2. The predicted molar refractivity (Wildman–Crippen MR) is 222 cm³/mol. The quantitative estimate of drug-likeness (QED) is 0.0294. The first kappa shape index (κ1) is 51.0. The van der Waals surface area contributed by atoms with E-state index in [-0.39, 0.29) is 5.91 Å². The number of nitrogens with one attached hydrogen (secondary N) is 1. The molecule has 0 aliphatic carbocycles. The van der Waals surface area contributed by atoms with Crippen LogP contribution >= 0.6 is 0 Å². The van der Waals surface area contributed by atoms with Crippen molar-refractivity contribution in [1.29, 1.82) is 0 Å². The van der Waals surface area contributed by atoms with Crippen molar-refractivity contribution in [3.05, 3.63) is 0 Å². The molecular weight excluding hydrogens is 671 g/mol. The lowest BCUT2D eigenvalue weighted by molar-refractivity contribution is -0.814. The van der Waals surface area contributed by atoms with Crippen molar-refractivity contribution >= 4 is 22.1 Å². The molecule has 0 aromatic heterocycles. The average Bonchev–Trinajstić information content (AvgIpc) is 3.49. The fourth-order valence-corrected chi connectivity index (χ4v) is 7.31. The molecule has 8 nitrogen and oxygen atoms in total. The number of unbranched alkanes of at least 4 members (excludes halogenated alkanes) is 29. The molecule has 0 aromatic carbocycles. The Hall–Kier alpha value is -1.03. The van der Waals surface area contributed by atoms with Crippen LogP contribution in [0.1, 0.15) is 226 Å². The van der Waals surface area contributed by atoms with E-state index in [1.54, 1.807) is 0 Å². The Morgan fingerprint density at radius 3 is 1.31 bits per heavy atom. The van der Waals surface area contributed by atoms with E-state index in [0.29, 0.717) is 6.42 Å². The molecule has 0 saturated heterocycles. The summed E-state index contributed by atoms with van der Waals surface area (Å²) < 4.78 is 32.0. The maximum Gasteiger partial charge on any atom is 0.220 e. The summed E-state index contributed by atoms with van der Waals surface area (Å²) in [6, 6.07) is 0. The third kappa shape index (κ3) is 34.7. The average molecular weight is 758 g/mol. The van der Waals surface area contributed by atoms with Crippen molar-refractivity contribution in [1.82, 2.24) is 5.32 Å². The van der Waals surface area contributed by atoms with Crippen molar-refractivity contribution < 1.29 is 26.4 Å². The summed E-state index contributed by atoms with van der Waals surface area (Å²) in [6.45, 7) is 8.42. The molecule has 1 aliphatic rings. The van der Waals surface area contributed by atoms with E-state index in [4.69, 9.17) is 4.99 Å². The van der Waals surface area contributed by atoms with Crippen LogP contribution in [0.3, 0.4) is 0 Å². The van der Waals surface area contributed by atoms with E-state index in [9.17, 15) is 17.8 Å². The van der Waals surface area contributed by atoms with Gasteiger partial charge in [0.05, 0.1) is 27.2 Å². The van der Waals surface area contributed by atoms with Crippen molar-refractivity contribution in [3.63, 3.8) is 0 Å². The van der Waals surface area contributed by atoms with Crippen LogP contribution in [0.2, 0.25) is 0 Å². The van der Waals surface area contributed by atoms with Crippen LogP contribution in [-0.4, -0.2) is 69.5 Å². The third-order valence-electron chi connectivity index (χ3n) is 10.9. The highest BCUT2D eigenvalue weighted by Gasteiger charge is 2.32. The van der Waals surface area contributed by atoms with E-state index in [1.165, 1.54) is 198 Å². The Bertz CT molecular complexity index is 930. The lowest BCUT2D eigenvalue weighted by Crippen LogP contribution is -2.51. The molecule has 1 aliphatic heterocycles. The van der Waals surface area contributed by atoms with Crippen molar-refractivity contribution in [2.75, 3.05) is 40.3 Å². The highest BCUT2D eigenvalue weighted by molar-refractivity contribution is 7.80. The third-order valence-corrected chi connectivity index (χ3v) is 11.3. The van der Waals surface area contributed by atoms with Gasteiger partial charge in [-0.05, 0) is 12.8 Å². The van der Waals surface area contributed by atoms with Gasteiger partial charge in [0.15, 0.2) is 5.84 Å². The van der Waals surface area contributed by atoms with Crippen LogP contribution in [0, 0.1) is 0 Å². The Balaban J connectivity index is 0.00000397. The largest absolute Gasteiger partial charge is 0.726 e. The second kappa shape index (κ2) is 36.9. The lowest BCUT2D eigenvalue weighted by Gasteiger charge is -2.30. The van der Waals surface area contributed by atoms with Crippen molar-refractivity contribution in [3.8, 4) is 0 Å². The second-order valence-corrected chi connectivity index (χ2v) is 17.0. The number of amides is 1. The summed E-state index contributed by atoms with van der Waals surface area (Å²) in [5, 5.41) is 3.22. The molecule has 0 bridgehead atoms. The Morgan fingerprint density at radius 1 is 0.635 bits per heavy atom. The molecule has 0 radical (unpaired) electrons. The first-order valence-corrected chi connectivity index (χ1v) is 23.7. The molecule has 9 heteroatoms. The molecule has 1 amide bonds. The van der Waals surface area contributed by atoms with E-state index in [0.717, 1.165) is 50.6 Å². The van der Waals surface area contributed by atoms with E-state index in [1.807, 2.05) is 0 Å². The van der Waals surface area contributed by atoms with Crippen LogP contribution in [0.5, 0.6) is 0 Å². The van der Waals surface area contributed by atoms with Gasteiger partial charge >= 0.3 is 0 Å². The van der Waals surface area contributed by atoms with Crippen molar-refractivity contribution in [2.24, 2.45) is 4.99 Å². The van der Waals surface area contributed by atoms with Gasteiger partial charge in [0.1, 0.15) is 13.1 Å². The second-order valence-electron chi connectivity index (χ2n) is 15.8. The number of hydrogen-bond acceptors (Lipinski definition) is 6. The van der Waals surface area contributed by atoms with E-state index < -0.39 is 10.4 Å². The van der Waals surface area contributed by atoms with Gasteiger partial charge in [0.25, 0.3) is 0 Å². The number of aliphatic imine (C=N–C) groups is 1. The highest BCUT2D eigenvalue weighted by Crippen LogP contribution is 2.19. The molecule has 0 spiro atoms. The standard InChI is InChI=1S/C42H83N3O.CH4O4S/c1-4-6-8-10-12-14-16-18-20-22-23-25-27-29-31-33-35-41-43-37-39-45(41,3)40-38-44-42(46)36-34-32-30-28-26-24-21-19-17-15-13-11-9-7-5-2;1-5-6(2,3)4/h4-40H2,1-3H3;1H3,(H,2,3,4). The number of quaternary nitrogens is 1. The number of nitrogens with zero attached hydrogens (tertiary/aromatic N) is 2. The summed E-state index contributed by atoms with van der Waals surface area (Å²) in [4.78, 5) is 17.3. The molecule has 1 rings (SSSR count). The number of amidine groups is 1. The predicted octanol–water partition coefficient (Wildman–Crippen LogP) is 12.0. The topological polar surface area (TPSA) is 108 Å². The molecule has 52 heavy (non-hydrogen) atoms. The zero-order chi connectivity index (χ0) is 38.4. The molecule has 0 fully saturated rings. The summed E-state index contributed by atoms with van der Waals surface area (Å²) >= 11 is 0. The number of rotatable bonds is 37. The van der Waals surface area contributed by atoms with Gasteiger partial charge < -0.3 is 9.87 Å². The van der Waals surface area contributed by atoms with Gasteiger partial charge in [-0.25, -0.2) is 13.4 Å². The minimum absolute atomic E-state index is 0.247. The van der Waals surface area contributed by atoms with Crippen LogP contribution in [0.4, 0.5) is 0 Å². The van der Waals surface area contributed by atoms with E-state index >= 15 is 0 Å². The highest BCUT2D eigenvalue weighted by atomic mass is 32.3. The molecule has 1 unspecified atom stereocenters. The monoisotopic (exact) mass is 758 g/mol. The number of carbonyl (C=O) groups excluding carboxylic acids is 1. The van der Waals surface area contributed by atoms with Crippen LogP contribution in [0.15, 0.2) is 4.99 Å². The summed E-state index contributed by atoms with van der Waals surface area (Å²) in [5.74, 6) is 1.62. The maximum atomic E-state index is 12.4. The van der Waals surface area contributed by atoms with Gasteiger partial charge in [-0.1, -0.05) is 200 Å². The lowest BCUT2D eigenvalue weighted by atomic mass is 10.0. The minimum Gasteiger partial charge on any atom is -0.726 e. The molecular formula is C43H87N3O5S. The zero-order valence-electron chi connectivity index (χ0n) is 35.0. The molecule has 0 saturated carbocycles. The van der Waals surface area contributed by atoms with Gasteiger partial charge in [-0.3, -0.25) is 13.5 Å². The zero-order valence-corrected chi connectivity index (χ0v) is 35.8. The van der Waals surface area contributed by atoms with Crippen LogP contribution < -0.4 is 5.32 Å². The van der Waals surface area contributed by atoms with Gasteiger partial charge in [-0.15, -0.1) is 0 Å². The fraction of sp³-hybridized carbons (Fsp3) is 0.953. The Morgan fingerprint density at radius 2 is 0.962 bits per heavy atom. The molecule has 0 aromatic rings. The Labute approximate surface area is 324 Å². The molecule has 1 heterocycles. The van der Waals surface area contributed by atoms with E-state index in [2.05, 4.69) is 30.4 Å².